The van der Waals surface area contributed by atoms with Crippen LogP contribution in [0.25, 0.3) is 0 Å². The van der Waals surface area contributed by atoms with Gasteiger partial charge in [0.25, 0.3) is 5.91 Å². The van der Waals surface area contributed by atoms with Crippen molar-refractivity contribution in [3.63, 3.8) is 0 Å². The molecule has 0 aromatic heterocycles. The van der Waals surface area contributed by atoms with Crippen LogP contribution in [0.15, 0.2) is 46.5 Å². The molecule has 34 heavy (non-hydrogen) atoms. The number of rotatable bonds is 6. The van der Waals surface area contributed by atoms with Crippen molar-refractivity contribution in [1.29, 1.82) is 0 Å². The standard InChI is InChI=1S/C25H32ClN3O4S/c1-14(2)15(3)27-23(31)19-12-17(11-16-7-9-18(26)10-8-16)21(30)20-22(19)34-13-29(20)28-24(32)33-25(4,5)6/h7-10,12,14-15,17H,11,13H2,1-6H3,(H,27,31)(H,28,32). The van der Waals surface area contributed by atoms with Gasteiger partial charge < -0.3 is 10.1 Å². The second-order valence-electron chi connectivity index (χ2n) is 9.88. The van der Waals surface area contributed by atoms with E-state index in [1.807, 2.05) is 32.9 Å². The SMILES string of the molecule is CC(C)C(C)NC(=O)C1=CC(Cc2ccc(Cl)cc2)C(=O)C2=C1SCN2NC(=O)OC(C)(C)C. The number of allylic oxidation sites excluding steroid dienone is 2. The molecule has 9 heteroatoms. The third-order valence-corrected chi connectivity index (χ3v) is 6.94. The first-order valence-electron chi connectivity index (χ1n) is 11.3. The Hall–Kier alpha value is -2.45. The molecule has 0 radical (unpaired) electrons. The molecule has 2 aliphatic rings. The smallest absolute Gasteiger partial charge is 0.426 e. The maximum atomic E-state index is 13.5. The Kier molecular flexibility index (Phi) is 8.03. The second kappa shape index (κ2) is 10.4. The van der Waals surface area contributed by atoms with Gasteiger partial charge >= 0.3 is 6.09 Å². The van der Waals surface area contributed by atoms with Crippen LogP contribution < -0.4 is 10.7 Å². The van der Waals surface area contributed by atoms with Crippen molar-refractivity contribution >= 4 is 41.1 Å². The molecule has 1 aliphatic carbocycles. The van der Waals surface area contributed by atoms with Crippen LogP contribution in [-0.4, -0.2) is 40.3 Å². The van der Waals surface area contributed by atoms with Crippen LogP contribution in [0, 0.1) is 11.8 Å². The molecule has 2 N–H and O–H groups in total. The predicted octanol–water partition coefficient (Wildman–Crippen LogP) is 4.83. The summed E-state index contributed by atoms with van der Waals surface area (Å²) < 4.78 is 5.36. The van der Waals surface area contributed by atoms with Gasteiger partial charge in [0.15, 0.2) is 5.78 Å². The lowest BCUT2D eigenvalue weighted by Crippen LogP contribution is -2.45. The molecule has 0 saturated heterocycles. The highest BCUT2D eigenvalue weighted by atomic mass is 35.5. The molecule has 1 aromatic carbocycles. The van der Waals surface area contributed by atoms with Crippen molar-refractivity contribution in [1.82, 2.24) is 15.8 Å². The summed E-state index contributed by atoms with van der Waals surface area (Å²) in [5.41, 5.74) is 3.69. The zero-order valence-electron chi connectivity index (χ0n) is 20.4. The summed E-state index contributed by atoms with van der Waals surface area (Å²) in [5, 5.41) is 5.14. The summed E-state index contributed by atoms with van der Waals surface area (Å²) in [6.45, 7) is 11.3. The lowest BCUT2D eigenvalue weighted by atomic mass is 9.86. The number of ether oxygens (including phenoxy) is 1. The van der Waals surface area contributed by atoms with Crippen molar-refractivity contribution in [3.05, 3.63) is 57.1 Å². The summed E-state index contributed by atoms with van der Waals surface area (Å²) in [4.78, 5) is 39.8. The van der Waals surface area contributed by atoms with Gasteiger partial charge in [-0.25, -0.2) is 10.2 Å². The highest BCUT2D eigenvalue weighted by molar-refractivity contribution is 8.03. The number of carbonyl (C=O) groups is 3. The van der Waals surface area contributed by atoms with Gasteiger partial charge in [-0.1, -0.05) is 55.4 Å². The van der Waals surface area contributed by atoms with Crippen molar-refractivity contribution in [2.75, 3.05) is 5.88 Å². The first kappa shape index (κ1) is 26.2. The van der Waals surface area contributed by atoms with Gasteiger partial charge in [-0.2, -0.15) is 0 Å². The zero-order valence-corrected chi connectivity index (χ0v) is 22.0. The molecular formula is C25H32ClN3O4S. The van der Waals surface area contributed by atoms with Crippen LogP contribution >= 0.6 is 23.4 Å². The Morgan fingerprint density at radius 2 is 1.85 bits per heavy atom. The van der Waals surface area contributed by atoms with Crippen LogP contribution in [0.5, 0.6) is 0 Å². The topological polar surface area (TPSA) is 87.7 Å². The average Bonchev–Trinajstić information content (AvgIpc) is 3.13. The van der Waals surface area contributed by atoms with E-state index >= 15 is 0 Å². The second-order valence-corrected chi connectivity index (χ2v) is 11.3. The van der Waals surface area contributed by atoms with Gasteiger partial charge in [0, 0.05) is 17.0 Å². The van der Waals surface area contributed by atoms with Crippen molar-refractivity contribution < 1.29 is 19.1 Å². The molecule has 2 unspecified atom stereocenters. The van der Waals surface area contributed by atoms with E-state index in [0.717, 1.165) is 5.56 Å². The number of nitrogens with zero attached hydrogens (tertiary/aromatic N) is 1. The molecule has 1 aromatic rings. The number of amides is 2. The van der Waals surface area contributed by atoms with E-state index in [0.29, 0.717) is 33.5 Å². The van der Waals surface area contributed by atoms with Gasteiger partial charge in [-0.15, -0.1) is 0 Å². The van der Waals surface area contributed by atoms with E-state index in [9.17, 15) is 14.4 Å². The average molecular weight is 506 g/mol. The first-order chi connectivity index (χ1) is 15.9. The molecular weight excluding hydrogens is 474 g/mol. The quantitative estimate of drug-likeness (QED) is 0.576. The molecule has 0 saturated carbocycles. The minimum Gasteiger partial charge on any atom is -0.443 e. The van der Waals surface area contributed by atoms with Crippen LogP contribution in [0.2, 0.25) is 5.02 Å². The van der Waals surface area contributed by atoms with Gasteiger partial charge in [0.1, 0.15) is 11.3 Å². The minimum atomic E-state index is -0.681. The van der Waals surface area contributed by atoms with Crippen molar-refractivity contribution in [2.45, 2.75) is 59.6 Å². The van der Waals surface area contributed by atoms with Gasteiger partial charge in [0.2, 0.25) is 0 Å². The monoisotopic (exact) mass is 505 g/mol. The van der Waals surface area contributed by atoms with Crippen LogP contribution in [-0.2, 0) is 20.7 Å². The Labute approximate surface area is 210 Å². The first-order valence-corrected chi connectivity index (χ1v) is 12.7. The highest BCUT2D eigenvalue weighted by Crippen LogP contribution is 2.42. The van der Waals surface area contributed by atoms with E-state index in [1.165, 1.54) is 16.8 Å². The number of carbonyl (C=O) groups excluding carboxylic acids is 3. The molecule has 2 atom stereocenters. The summed E-state index contributed by atoms with van der Waals surface area (Å²) in [7, 11) is 0. The number of thioether (sulfide) groups is 1. The normalized spacial score (nSPS) is 19.1. The summed E-state index contributed by atoms with van der Waals surface area (Å²) in [5.74, 6) is -0.382. The zero-order chi connectivity index (χ0) is 25.2. The van der Waals surface area contributed by atoms with Crippen LogP contribution in [0.3, 0.4) is 0 Å². The molecule has 1 heterocycles. The Morgan fingerprint density at radius 1 is 1.21 bits per heavy atom. The third-order valence-electron chi connectivity index (χ3n) is 5.60. The molecule has 3 rings (SSSR count). The molecule has 2 amide bonds. The van der Waals surface area contributed by atoms with E-state index in [2.05, 4.69) is 10.7 Å². The molecule has 0 spiro atoms. The predicted molar refractivity (Wildman–Crippen MR) is 135 cm³/mol. The van der Waals surface area contributed by atoms with Crippen LogP contribution in [0.1, 0.15) is 47.1 Å². The maximum absolute atomic E-state index is 13.5. The van der Waals surface area contributed by atoms with E-state index in [1.54, 1.807) is 39.0 Å². The van der Waals surface area contributed by atoms with E-state index in [4.69, 9.17) is 16.3 Å². The molecule has 0 bridgehead atoms. The molecule has 7 nitrogen and oxygen atoms in total. The van der Waals surface area contributed by atoms with Gasteiger partial charge in [-0.3, -0.25) is 14.6 Å². The minimum absolute atomic E-state index is 0.0350. The Morgan fingerprint density at radius 3 is 2.44 bits per heavy atom. The number of hydrogen-bond donors (Lipinski definition) is 2. The maximum Gasteiger partial charge on any atom is 0.426 e. The van der Waals surface area contributed by atoms with E-state index in [-0.39, 0.29) is 23.7 Å². The fraction of sp³-hybridized carbons (Fsp3) is 0.480. The van der Waals surface area contributed by atoms with Gasteiger partial charge in [-0.05, 0) is 57.7 Å². The van der Waals surface area contributed by atoms with Gasteiger partial charge in [0.05, 0.1) is 16.4 Å². The molecule has 184 valence electrons. The number of ketones is 1. The van der Waals surface area contributed by atoms with E-state index < -0.39 is 17.6 Å². The van der Waals surface area contributed by atoms with Crippen LogP contribution in [0.4, 0.5) is 4.79 Å². The highest BCUT2D eigenvalue weighted by Gasteiger charge is 2.41. The fourth-order valence-corrected chi connectivity index (χ4v) is 4.76. The summed E-state index contributed by atoms with van der Waals surface area (Å²) in [6, 6.07) is 7.26. The number of hydrogen-bond acceptors (Lipinski definition) is 6. The number of benzene rings is 1. The molecule has 0 fully saturated rings. The van der Waals surface area contributed by atoms with Crippen molar-refractivity contribution in [2.24, 2.45) is 11.8 Å². The number of hydrazine groups is 1. The number of halogens is 1. The number of nitrogens with one attached hydrogen (secondary N) is 2. The Bertz CT molecular complexity index is 1030. The largest absolute Gasteiger partial charge is 0.443 e. The Balaban J connectivity index is 1.92. The fourth-order valence-electron chi connectivity index (χ4n) is 3.52. The summed E-state index contributed by atoms with van der Waals surface area (Å²) in [6.07, 6.45) is 1.51. The third kappa shape index (κ3) is 6.36. The van der Waals surface area contributed by atoms with Crippen molar-refractivity contribution in [3.8, 4) is 0 Å². The lowest BCUT2D eigenvalue weighted by molar-refractivity contribution is -0.120. The summed E-state index contributed by atoms with van der Waals surface area (Å²) >= 11 is 7.36. The molecule has 1 aliphatic heterocycles. The lowest BCUT2D eigenvalue weighted by Gasteiger charge is -2.28. The number of Topliss-reactive ketones (excluding diaryl/α,β-unsaturated/α-hetero) is 1.